The zero-order chi connectivity index (χ0) is 20.4. The van der Waals surface area contributed by atoms with E-state index < -0.39 is 11.9 Å². The van der Waals surface area contributed by atoms with Crippen molar-refractivity contribution in [1.82, 2.24) is 25.0 Å². The van der Waals surface area contributed by atoms with E-state index in [0.717, 1.165) is 23.4 Å². The van der Waals surface area contributed by atoms with Crippen LogP contribution in [-0.4, -0.2) is 25.0 Å². The van der Waals surface area contributed by atoms with E-state index in [1.165, 1.54) is 6.07 Å². The van der Waals surface area contributed by atoms with Gasteiger partial charge in [-0.1, -0.05) is 23.7 Å². The van der Waals surface area contributed by atoms with Crippen LogP contribution >= 0.6 is 23.4 Å². The zero-order valence-electron chi connectivity index (χ0n) is 14.5. The van der Waals surface area contributed by atoms with Crippen LogP contribution in [0.5, 0.6) is 0 Å². The largest absolute Gasteiger partial charge is 0.467 e. The van der Waals surface area contributed by atoms with Gasteiger partial charge in [-0.2, -0.15) is 13.2 Å². The van der Waals surface area contributed by atoms with Gasteiger partial charge in [0, 0.05) is 10.6 Å². The maximum atomic E-state index is 12.7. The van der Waals surface area contributed by atoms with Crippen molar-refractivity contribution >= 4 is 23.4 Å². The van der Waals surface area contributed by atoms with Crippen LogP contribution in [0.2, 0.25) is 5.02 Å². The van der Waals surface area contributed by atoms with Crippen LogP contribution in [-0.2, 0) is 12.7 Å². The first-order chi connectivity index (χ1) is 13.9. The summed E-state index contributed by atoms with van der Waals surface area (Å²) in [6.45, 7) is 0.318. The average Bonchev–Trinajstić information content (AvgIpc) is 3.33. The number of rotatable bonds is 5. The van der Waals surface area contributed by atoms with Crippen molar-refractivity contribution in [3.8, 4) is 11.4 Å². The van der Waals surface area contributed by atoms with Crippen LogP contribution in [0.15, 0.2) is 69.4 Å². The molecule has 0 fully saturated rings. The Morgan fingerprint density at radius 3 is 2.52 bits per heavy atom. The number of nitrogens with zero attached hydrogens (tertiary/aromatic N) is 5. The SMILES string of the molecule is FC(F)(F)c1ccc(Sc2nnc(-c3cccc(Cl)c3)n2Cc2ccco2)nn1. The molecule has 4 aromatic rings. The molecule has 0 N–H and O–H groups in total. The van der Waals surface area contributed by atoms with Crippen molar-refractivity contribution in [1.29, 1.82) is 0 Å². The van der Waals surface area contributed by atoms with Crippen molar-refractivity contribution in [3.63, 3.8) is 0 Å². The van der Waals surface area contributed by atoms with Crippen LogP contribution in [0.4, 0.5) is 13.2 Å². The summed E-state index contributed by atoms with van der Waals surface area (Å²) in [4.78, 5) is 0. The Labute approximate surface area is 171 Å². The predicted octanol–water partition coefficient (Wildman–Crippen LogP) is 5.20. The lowest BCUT2D eigenvalue weighted by Crippen LogP contribution is -2.09. The molecule has 148 valence electrons. The van der Waals surface area contributed by atoms with E-state index in [9.17, 15) is 13.2 Å². The highest BCUT2D eigenvalue weighted by Gasteiger charge is 2.33. The Balaban J connectivity index is 1.69. The summed E-state index contributed by atoms with van der Waals surface area (Å²) in [5, 5.41) is 16.5. The van der Waals surface area contributed by atoms with E-state index in [-0.39, 0.29) is 5.03 Å². The maximum Gasteiger partial charge on any atom is 0.435 e. The van der Waals surface area contributed by atoms with Gasteiger partial charge in [0.15, 0.2) is 16.7 Å². The minimum Gasteiger partial charge on any atom is -0.467 e. The first-order valence-corrected chi connectivity index (χ1v) is 9.40. The highest BCUT2D eigenvalue weighted by Crippen LogP contribution is 2.32. The van der Waals surface area contributed by atoms with Crippen molar-refractivity contribution in [2.45, 2.75) is 22.9 Å². The summed E-state index contributed by atoms with van der Waals surface area (Å²) in [5.41, 5.74) is -0.319. The highest BCUT2D eigenvalue weighted by molar-refractivity contribution is 7.99. The van der Waals surface area contributed by atoms with E-state index in [1.54, 1.807) is 41.2 Å². The van der Waals surface area contributed by atoms with E-state index >= 15 is 0 Å². The monoisotopic (exact) mass is 437 g/mol. The smallest absolute Gasteiger partial charge is 0.435 e. The number of aromatic nitrogens is 5. The maximum absolute atomic E-state index is 12.7. The van der Waals surface area contributed by atoms with Crippen molar-refractivity contribution in [3.05, 3.63) is 71.3 Å². The van der Waals surface area contributed by atoms with Gasteiger partial charge in [0.2, 0.25) is 0 Å². The minimum absolute atomic E-state index is 0.253. The van der Waals surface area contributed by atoms with E-state index in [4.69, 9.17) is 16.0 Å². The van der Waals surface area contributed by atoms with Gasteiger partial charge in [0.1, 0.15) is 10.8 Å². The molecule has 0 aliphatic rings. The molecule has 0 aliphatic carbocycles. The molecule has 0 radical (unpaired) electrons. The lowest BCUT2D eigenvalue weighted by molar-refractivity contribution is -0.141. The normalized spacial score (nSPS) is 11.7. The van der Waals surface area contributed by atoms with Crippen molar-refractivity contribution < 1.29 is 17.6 Å². The summed E-state index contributed by atoms with van der Waals surface area (Å²) in [5.74, 6) is 1.19. The van der Waals surface area contributed by atoms with Gasteiger partial charge in [-0.3, -0.25) is 4.57 Å². The third kappa shape index (κ3) is 4.43. The summed E-state index contributed by atoms with van der Waals surface area (Å²) in [6, 6.07) is 12.8. The minimum atomic E-state index is -4.55. The van der Waals surface area contributed by atoms with Crippen molar-refractivity contribution in [2.24, 2.45) is 0 Å². The molecule has 0 saturated carbocycles. The molecule has 4 rings (SSSR count). The van der Waals surface area contributed by atoms with E-state index in [2.05, 4.69) is 20.4 Å². The van der Waals surface area contributed by atoms with Gasteiger partial charge in [0.25, 0.3) is 0 Å². The van der Waals surface area contributed by atoms with Gasteiger partial charge in [-0.25, -0.2) is 0 Å². The summed E-state index contributed by atoms with van der Waals surface area (Å²) < 4.78 is 45.3. The first kappa shape index (κ1) is 19.5. The average molecular weight is 438 g/mol. The number of benzene rings is 1. The van der Waals surface area contributed by atoms with E-state index in [1.807, 2.05) is 6.07 Å². The van der Waals surface area contributed by atoms with Gasteiger partial charge in [-0.05, 0) is 48.2 Å². The molecule has 0 spiro atoms. The second-order valence-corrected chi connectivity index (χ2v) is 7.26. The molecule has 1 aromatic carbocycles. The zero-order valence-corrected chi connectivity index (χ0v) is 16.0. The lowest BCUT2D eigenvalue weighted by Gasteiger charge is -2.09. The fourth-order valence-electron chi connectivity index (χ4n) is 2.53. The molecule has 6 nitrogen and oxygen atoms in total. The van der Waals surface area contributed by atoms with Crippen LogP contribution in [0, 0.1) is 0 Å². The number of hydrogen-bond donors (Lipinski definition) is 0. The molecule has 0 bridgehead atoms. The Morgan fingerprint density at radius 1 is 1.00 bits per heavy atom. The Morgan fingerprint density at radius 2 is 1.86 bits per heavy atom. The van der Waals surface area contributed by atoms with Crippen LogP contribution in [0.25, 0.3) is 11.4 Å². The standard InChI is InChI=1S/C18H11ClF3N5OS/c19-12-4-1-3-11(9-12)16-25-26-17(27(16)10-13-5-2-8-28-13)29-15-7-6-14(23-24-15)18(20,21)22/h1-9H,10H2. The molecule has 0 unspecified atom stereocenters. The number of hydrogen-bond acceptors (Lipinski definition) is 6. The molecular formula is C18H11ClF3N5OS. The summed E-state index contributed by atoms with van der Waals surface area (Å²) in [6.07, 6.45) is -3.00. The van der Waals surface area contributed by atoms with Gasteiger partial charge in [-0.15, -0.1) is 20.4 Å². The fraction of sp³-hybridized carbons (Fsp3) is 0.111. The van der Waals surface area contributed by atoms with E-state index in [0.29, 0.717) is 28.3 Å². The van der Waals surface area contributed by atoms with Crippen molar-refractivity contribution in [2.75, 3.05) is 0 Å². The molecule has 0 amide bonds. The summed E-state index contributed by atoms with van der Waals surface area (Å²) in [7, 11) is 0. The molecule has 29 heavy (non-hydrogen) atoms. The molecule has 3 heterocycles. The Kier molecular flexibility index (Phi) is 5.29. The molecule has 0 saturated heterocycles. The third-order valence-electron chi connectivity index (χ3n) is 3.82. The van der Waals surface area contributed by atoms with Gasteiger partial charge in [0.05, 0.1) is 12.8 Å². The summed E-state index contributed by atoms with van der Waals surface area (Å²) >= 11 is 7.14. The van der Waals surface area contributed by atoms with Gasteiger partial charge < -0.3 is 4.42 Å². The highest BCUT2D eigenvalue weighted by atomic mass is 35.5. The molecular weight excluding hydrogens is 427 g/mol. The molecule has 11 heteroatoms. The number of alkyl halides is 3. The second kappa shape index (κ2) is 7.88. The first-order valence-electron chi connectivity index (χ1n) is 8.20. The quantitative estimate of drug-likeness (QED) is 0.427. The topological polar surface area (TPSA) is 69.6 Å². The second-order valence-electron chi connectivity index (χ2n) is 5.84. The Bertz CT molecular complexity index is 1110. The van der Waals surface area contributed by atoms with Crippen LogP contribution < -0.4 is 0 Å². The molecule has 0 atom stereocenters. The number of halogens is 4. The predicted molar refractivity (Wildman–Crippen MR) is 99.4 cm³/mol. The molecule has 3 aromatic heterocycles. The number of furan rings is 1. The lowest BCUT2D eigenvalue weighted by atomic mass is 10.2. The fourth-order valence-corrected chi connectivity index (χ4v) is 3.46. The Hall–Kier alpha value is -2.85. The molecule has 0 aliphatic heterocycles. The van der Waals surface area contributed by atoms with Gasteiger partial charge >= 0.3 is 6.18 Å². The van der Waals surface area contributed by atoms with Crippen LogP contribution in [0.3, 0.4) is 0 Å². The third-order valence-corrected chi connectivity index (χ3v) is 4.97. The van der Waals surface area contributed by atoms with Crippen LogP contribution in [0.1, 0.15) is 11.5 Å².